The summed E-state index contributed by atoms with van der Waals surface area (Å²) in [6.45, 7) is 0. The Balaban J connectivity index is 1.82. The zero-order chi connectivity index (χ0) is 19.1. The van der Waals surface area contributed by atoms with E-state index in [1.54, 1.807) is 18.2 Å². The van der Waals surface area contributed by atoms with Crippen molar-refractivity contribution in [3.8, 4) is 5.75 Å². The molecule has 1 atom stereocenters. The average Bonchev–Trinajstić information content (AvgIpc) is 2.75. The molecule has 4 heteroatoms. The minimum Gasteiger partial charge on any atom is -0.456 e. The first-order chi connectivity index (χ1) is 13.7. The highest BCUT2D eigenvalue weighted by molar-refractivity contribution is 6.31. The average molecular weight is 387 g/mol. The standard InChI is InChI=1S/C24H15ClO3/c25-17-11-12-20-19(13-17)23-22(24(26)28-20)18(15-7-3-1-4-8-15)14-21(27-23)16-9-5-2-6-10-16/h1-14,18H. The van der Waals surface area contributed by atoms with Crippen molar-refractivity contribution in [2.24, 2.45) is 0 Å². The minimum absolute atomic E-state index is 0.278. The van der Waals surface area contributed by atoms with Crippen LogP contribution < -0.4 is 10.4 Å². The molecule has 1 aliphatic rings. The van der Waals surface area contributed by atoms with Gasteiger partial charge in [-0.25, -0.2) is 4.79 Å². The van der Waals surface area contributed by atoms with Crippen LogP contribution in [0.15, 0.2) is 94.2 Å². The number of hydrogen-bond donors (Lipinski definition) is 0. The summed E-state index contributed by atoms with van der Waals surface area (Å²) in [6.07, 6.45) is 1.97. The molecule has 1 aromatic heterocycles. The smallest absolute Gasteiger partial charge is 0.344 e. The molecule has 28 heavy (non-hydrogen) atoms. The van der Waals surface area contributed by atoms with Crippen molar-refractivity contribution in [3.63, 3.8) is 0 Å². The Kier molecular flexibility index (Phi) is 4.03. The number of hydrogen-bond acceptors (Lipinski definition) is 3. The molecule has 0 aliphatic carbocycles. The number of benzene rings is 3. The maximum atomic E-state index is 12.9. The van der Waals surface area contributed by atoms with Crippen molar-refractivity contribution in [1.82, 2.24) is 0 Å². The number of fused-ring (bicyclic) bond motifs is 3. The van der Waals surface area contributed by atoms with Crippen LogP contribution in [-0.2, 0) is 0 Å². The molecule has 0 spiro atoms. The molecule has 4 aromatic rings. The van der Waals surface area contributed by atoms with Crippen LogP contribution in [0.4, 0.5) is 0 Å². The van der Waals surface area contributed by atoms with E-state index in [4.69, 9.17) is 20.8 Å². The second kappa shape index (κ2) is 6.70. The van der Waals surface area contributed by atoms with Gasteiger partial charge in [0, 0.05) is 16.5 Å². The third-order valence-electron chi connectivity index (χ3n) is 4.91. The van der Waals surface area contributed by atoms with Gasteiger partial charge < -0.3 is 9.15 Å². The van der Waals surface area contributed by atoms with Gasteiger partial charge in [-0.15, -0.1) is 0 Å². The Bertz CT molecular complexity index is 1260. The van der Waals surface area contributed by atoms with Gasteiger partial charge in [0.2, 0.25) is 0 Å². The summed E-state index contributed by atoms with van der Waals surface area (Å²) in [5.41, 5.74) is 2.48. The summed E-state index contributed by atoms with van der Waals surface area (Å²) in [5, 5.41) is 1.24. The maximum Gasteiger partial charge on any atom is 0.344 e. The highest BCUT2D eigenvalue weighted by Crippen LogP contribution is 2.43. The van der Waals surface area contributed by atoms with Crippen molar-refractivity contribution in [3.05, 3.63) is 117 Å². The van der Waals surface area contributed by atoms with E-state index in [2.05, 4.69) is 0 Å². The van der Waals surface area contributed by atoms with Crippen LogP contribution in [0.1, 0.15) is 22.6 Å². The van der Waals surface area contributed by atoms with Gasteiger partial charge in [-0.1, -0.05) is 72.3 Å². The zero-order valence-electron chi connectivity index (χ0n) is 14.8. The summed E-state index contributed by atoms with van der Waals surface area (Å²) in [5.74, 6) is 0.928. The molecule has 3 aromatic carbocycles. The van der Waals surface area contributed by atoms with Crippen molar-refractivity contribution >= 4 is 28.3 Å². The molecule has 1 unspecified atom stereocenters. The number of rotatable bonds is 2. The van der Waals surface area contributed by atoms with E-state index in [1.165, 1.54) is 0 Å². The first kappa shape index (κ1) is 16.8. The SMILES string of the molecule is O=c1oc2ccc(Cl)cc2c2c1C(c1ccccc1)C=C(c1ccccc1)O2. The zero-order valence-corrected chi connectivity index (χ0v) is 15.5. The number of halogens is 1. The molecule has 0 saturated carbocycles. The summed E-state index contributed by atoms with van der Waals surface area (Å²) in [4.78, 5) is 12.9. The van der Waals surface area contributed by atoms with Gasteiger partial charge in [0.15, 0.2) is 0 Å². The fourth-order valence-corrected chi connectivity index (χ4v) is 3.77. The van der Waals surface area contributed by atoms with Crippen molar-refractivity contribution in [2.75, 3.05) is 0 Å². The third-order valence-corrected chi connectivity index (χ3v) is 5.15. The van der Waals surface area contributed by atoms with Crippen molar-refractivity contribution in [2.45, 2.75) is 5.92 Å². The fraction of sp³-hybridized carbons (Fsp3) is 0.0417. The molecule has 1 aliphatic heterocycles. The Hall–Kier alpha value is -3.30. The highest BCUT2D eigenvalue weighted by Gasteiger charge is 2.30. The summed E-state index contributed by atoms with van der Waals surface area (Å²) < 4.78 is 11.8. The first-order valence-electron chi connectivity index (χ1n) is 8.97. The first-order valence-corrected chi connectivity index (χ1v) is 9.35. The van der Waals surface area contributed by atoms with Gasteiger partial charge >= 0.3 is 5.63 Å². The Morgan fingerprint density at radius 2 is 1.57 bits per heavy atom. The van der Waals surface area contributed by atoms with E-state index in [1.807, 2.05) is 66.7 Å². The van der Waals surface area contributed by atoms with Crippen LogP contribution in [0, 0.1) is 0 Å². The third kappa shape index (κ3) is 2.81. The van der Waals surface area contributed by atoms with Gasteiger partial charge in [0.25, 0.3) is 0 Å². The monoisotopic (exact) mass is 386 g/mol. The van der Waals surface area contributed by atoms with E-state index >= 15 is 0 Å². The Morgan fingerprint density at radius 3 is 2.32 bits per heavy atom. The normalized spacial score (nSPS) is 15.6. The molecular formula is C24H15ClO3. The van der Waals surface area contributed by atoms with E-state index < -0.39 is 5.63 Å². The van der Waals surface area contributed by atoms with Gasteiger partial charge in [-0.3, -0.25) is 0 Å². The molecule has 2 heterocycles. The van der Waals surface area contributed by atoms with Gasteiger partial charge in [-0.2, -0.15) is 0 Å². The highest BCUT2D eigenvalue weighted by atomic mass is 35.5. The minimum atomic E-state index is -0.401. The van der Waals surface area contributed by atoms with Gasteiger partial charge in [-0.05, 0) is 29.8 Å². The predicted molar refractivity (Wildman–Crippen MR) is 111 cm³/mol. The van der Waals surface area contributed by atoms with Crippen LogP contribution in [0.25, 0.3) is 16.7 Å². The van der Waals surface area contributed by atoms with Gasteiger partial charge in [0.05, 0.1) is 10.9 Å². The molecule has 0 bridgehead atoms. The quantitative estimate of drug-likeness (QED) is 0.396. The van der Waals surface area contributed by atoms with E-state index in [-0.39, 0.29) is 5.92 Å². The molecule has 0 saturated heterocycles. The second-order valence-corrected chi connectivity index (χ2v) is 7.10. The van der Waals surface area contributed by atoms with Crippen LogP contribution in [0.2, 0.25) is 5.02 Å². The molecule has 0 fully saturated rings. The molecule has 0 radical (unpaired) electrons. The summed E-state index contributed by atoms with van der Waals surface area (Å²) in [6, 6.07) is 24.9. The summed E-state index contributed by atoms with van der Waals surface area (Å²) in [7, 11) is 0. The molecule has 5 rings (SSSR count). The Morgan fingerprint density at radius 1 is 0.857 bits per heavy atom. The molecule has 0 N–H and O–H groups in total. The molecule has 136 valence electrons. The molecule has 3 nitrogen and oxygen atoms in total. The summed E-state index contributed by atoms with van der Waals surface area (Å²) >= 11 is 6.22. The van der Waals surface area contributed by atoms with Gasteiger partial charge in [0.1, 0.15) is 17.1 Å². The van der Waals surface area contributed by atoms with E-state index in [0.717, 1.165) is 11.1 Å². The molecular weight excluding hydrogens is 372 g/mol. The van der Waals surface area contributed by atoms with E-state index in [9.17, 15) is 4.79 Å². The van der Waals surface area contributed by atoms with Crippen LogP contribution >= 0.6 is 11.6 Å². The lowest BCUT2D eigenvalue weighted by molar-refractivity contribution is 0.472. The lowest BCUT2D eigenvalue weighted by Crippen LogP contribution is -2.19. The lowest BCUT2D eigenvalue weighted by atomic mass is 9.88. The van der Waals surface area contributed by atoms with Crippen molar-refractivity contribution < 1.29 is 9.15 Å². The number of allylic oxidation sites excluding steroid dienone is 1. The van der Waals surface area contributed by atoms with Crippen LogP contribution in [0.5, 0.6) is 5.75 Å². The van der Waals surface area contributed by atoms with Crippen molar-refractivity contribution in [1.29, 1.82) is 0 Å². The Labute approximate surface area is 166 Å². The molecule has 0 amide bonds. The number of ether oxygens (including phenoxy) is 1. The van der Waals surface area contributed by atoms with E-state index in [0.29, 0.717) is 33.1 Å². The topological polar surface area (TPSA) is 39.4 Å². The predicted octanol–water partition coefficient (Wildman–Crippen LogP) is 6.01. The fourth-order valence-electron chi connectivity index (χ4n) is 3.60. The maximum absolute atomic E-state index is 12.9. The second-order valence-electron chi connectivity index (χ2n) is 6.66. The largest absolute Gasteiger partial charge is 0.456 e. The van der Waals surface area contributed by atoms with Crippen LogP contribution in [0.3, 0.4) is 0 Å². The van der Waals surface area contributed by atoms with Crippen LogP contribution in [-0.4, -0.2) is 0 Å². The lowest BCUT2D eigenvalue weighted by Gasteiger charge is -2.25.